The quantitative estimate of drug-likeness (QED) is 0.774. The minimum atomic E-state index is -0.281. The third-order valence-corrected chi connectivity index (χ3v) is 2.23. The van der Waals surface area contributed by atoms with Crippen LogP contribution in [0.25, 0.3) is 0 Å². The smallest absolute Gasteiger partial charge is 0.253 e. The van der Waals surface area contributed by atoms with Crippen molar-refractivity contribution in [1.82, 2.24) is 15.5 Å². The highest BCUT2D eigenvalue weighted by Crippen LogP contribution is 2.02. The Morgan fingerprint density at radius 2 is 2.37 bits per heavy atom. The maximum atomic E-state index is 11.9. The predicted molar refractivity (Wildman–Crippen MR) is 65.9 cm³/mol. The van der Waals surface area contributed by atoms with Crippen molar-refractivity contribution >= 4 is 5.91 Å². The van der Waals surface area contributed by atoms with Crippen molar-refractivity contribution in [2.75, 3.05) is 6.61 Å². The van der Waals surface area contributed by atoms with Gasteiger partial charge in [-0.3, -0.25) is 9.78 Å². The lowest BCUT2D eigenvalue weighted by Crippen LogP contribution is -2.22. The number of aliphatic hydroxyl groups is 1. The molecule has 0 bridgehead atoms. The fourth-order valence-electron chi connectivity index (χ4n) is 1.38. The molecule has 0 aliphatic carbocycles. The zero-order valence-corrected chi connectivity index (χ0v) is 9.96. The number of pyridine rings is 1. The Morgan fingerprint density at radius 3 is 3.11 bits per heavy atom. The van der Waals surface area contributed by atoms with Gasteiger partial charge in [-0.1, -0.05) is 17.0 Å². The molecule has 0 saturated heterocycles. The first kappa shape index (κ1) is 12.8. The third-order valence-electron chi connectivity index (χ3n) is 2.23. The minimum absolute atomic E-state index is 0.234. The van der Waals surface area contributed by atoms with Crippen molar-refractivity contribution in [3.8, 4) is 11.8 Å². The van der Waals surface area contributed by atoms with E-state index < -0.39 is 0 Å². The summed E-state index contributed by atoms with van der Waals surface area (Å²) in [5.41, 5.74) is 0.964. The van der Waals surface area contributed by atoms with Crippen molar-refractivity contribution in [3.63, 3.8) is 0 Å². The summed E-state index contributed by atoms with van der Waals surface area (Å²) < 4.78 is 4.87. The van der Waals surface area contributed by atoms with Crippen LogP contribution in [0.5, 0.6) is 0 Å². The zero-order valence-electron chi connectivity index (χ0n) is 9.96. The van der Waals surface area contributed by atoms with E-state index in [4.69, 9.17) is 9.63 Å². The van der Waals surface area contributed by atoms with Gasteiger partial charge in [0.05, 0.1) is 18.3 Å². The minimum Gasteiger partial charge on any atom is -0.384 e. The second-order valence-electron chi connectivity index (χ2n) is 3.58. The Bertz CT molecular complexity index is 612. The average molecular weight is 257 g/mol. The van der Waals surface area contributed by atoms with Crippen molar-refractivity contribution in [2.24, 2.45) is 0 Å². The van der Waals surface area contributed by atoms with E-state index >= 15 is 0 Å². The van der Waals surface area contributed by atoms with Gasteiger partial charge < -0.3 is 14.9 Å². The summed E-state index contributed by atoms with van der Waals surface area (Å²) in [5.74, 6) is 5.47. The van der Waals surface area contributed by atoms with Crippen molar-refractivity contribution < 1.29 is 14.4 Å². The van der Waals surface area contributed by atoms with Crippen LogP contribution in [-0.4, -0.2) is 27.8 Å². The predicted octanol–water partition coefficient (Wildman–Crippen LogP) is 0.343. The molecule has 19 heavy (non-hydrogen) atoms. The van der Waals surface area contributed by atoms with Crippen molar-refractivity contribution in [3.05, 3.63) is 47.6 Å². The van der Waals surface area contributed by atoms with E-state index in [9.17, 15) is 4.79 Å². The number of hydrogen-bond acceptors (Lipinski definition) is 5. The Morgan fingerprint density at radius 1 is 1.47 bits per heavy atom. The number of carbonyl (C=O) groups is 1. The highest BCUT2D eigenvalue weighted by atomic mass is 16.5. The van der Waals surface area contributed by atoms with Gasteiger partial charge >= 0.3 is 0 Å². The van der Waals surface area contributed by atoms with Gasteiger partial charge in [-0.25, -0.2) is 0 Å². The fraction of sp³-hybridized carbons (Fsp3) is 0.154. The van der Waals surface area contributed by atoms with Gasteiger partial charge in [0, 0.05) is 24.0 Å². The van der Waals surface area contributed by atoms with Crippen LogP contribution in [0, 0.1) is 11.8 Å². The number of aliphatic hydroxyl groups excluding tert-OH is 1. The van der Waals surface area contributed by atoms with E-state index in [1.807, 2.05) is 0 Å². The Kier molecular flexibility index (Phi) is 4.26. The molecular formula is C13H11N3O3. The molecule has 0 aliphatic rings. The first-order valence-electron chi connectivity index (χ1n) is 5.52. The number of nitrogens with zero attached hydrogens (tertiary/aromatic N) is 2. The molecule has 0 fully saturated rings. The van der Waals surface area contributed by atoms with E-state index in [1.54, 1.807) is 12.1 Å². The first-order chi connectivity index (χ1) is 9.29. The molecule has 2 aromatic heterocycles. The van der Waals surface area contributed by atoms with E-state index in [-0.39, 0.29) is 19.1 Å². The largest absolute Gasteiger partial charge is 0.384 e. The second kappa shape index (κ2) is 6.33. The molecule has 0 unspecified atom stereocenters. The molecule has 0 spiro atoms. The summed E-state index contributed by atoms with van der Waals surface area (Å²) in [6.07, 6.45) is 4.48. The number of carbonyl (C=O) groups excluding carboxylic acids is 1. The summed E-state index contributed by atoms with van der Waals surface area (Å²) in [5, 5.41) is 14.8. The molecule has 0 atom stereocenters. The van der Waals surface area contributed by atoms with Gasteiger partial charge in [0.25, 0.3) is 5.91 Å². The summed E-state index contributed by atoms with van der Waals surface area (Å²) >= 11 is 0. The molecule has 0 saturated carbocycles. The standard InChI is InChI=1S/C13H11N3O3/c17-5-1-2-10-6-11(8-14-7-10)13(18)15-9-12-3-4-16-19-12/h3-4,6-8,17H,5,9H2,(H,15,18). The van der Waals surface area contributed by atoms with E-state index in [0.717, 1.165) is 0 Å². The van der Waals surface area contributed by atoms with Crippen LogP contribution in [0.2, 0.25) is 0 Å². The van der Waals surface area contributed by atoms with Gasteiger partial charge in [-0.2, -0.15) is 0 Å². The van der Waals surface area contributed by atoms with E-state index in [2.05, 4.69) is 27.3 Å². The summed E-state index contributed by atoms with van der Waals surface area (Å²) in [7, 11) is 0. The topological polar surface area (TPSA) is 88.3 Å². The lowest BCUT2D eigenvalue weighted by atomic mass is 10.2. The molecule has 2 heterocycles. The molecule has 96 valence electrons. The monoisotopic (exact) mass is 257 g/mol. The van der Waals surface area contributed by atoms with Gasteiger partial charge in [0.15, 0.2) is 5.76 Å². The van der Waals surface area contributed by atoms with Crippen LogP contribution in [0.4, 0.5) is 0 Å². The van der Waals surface area contributed by atoms with Crippen LogP contribution in [0.3, 0.4) is 0 Å². The summed E-state index contributed by atoms with van der Waals surface area (Å²) in [6.45, 7) is 0.0211. The summed E-state index contributed by atoms with van der Waals surface area (Å²) in [4.78, 5) is 15.8. The molecule has 1 amide bonds. The fourth-order valence-corrected chi connectivity index (χ4v) is 1.38. The Labute approximate surface area is 109 Å². The van der Waals surface area contributed by atoms with E-state index in [0.29, 0.717) is 16.9 Å². The molecule has 0 radical (unpaired) electrons. The molecule has 2 rings (SSSR count). The Balaban J connectivity index is 2.02. The van der Waals surface area contributed by atoms with Gasteiger partial charge in [-0.15, -0.1) is 0 Å². The number of rotatable bonds is 3. The second-order valence-corrected chi connectivity index (χ2v) is 3.58. The lowest BCUT2D eigenvalue weighted by molar-refractivity contribution is 0.0946. The lowest BCUT2D eigenvalue weighted by Gasteiger charge is -2.02. The summed E-state index contributed by atoms with van der Waals surface area (Å²) in [6, 6.07) is 3.27. The number of hydrogen-bond donors (Lipinski definition) is 2. The molecule has 2 N–H and O–H groups in total. The van der Waals surface area contributed by atoms with Crippen LogP contribution >= 0.6 is 0 Å². The molecule has 0 aromatic carbocycles. The first-order valence-corrected chi connectivity index (χ1v) is 5.52. The van der Waals surface area contributed by atoms with Crippen LogP contribution < -0.4 is 5.32 Å². The zero-order chi connectivity index (χ0) is 13.5. The number of amides is 1. The SMILES string of the molecule is O=C(NCc1ccno1)c1cncc(C#CCO)c1. The molecule has 6 heteroatoms. The molecular weight excluding hydrogens is 246 g/mol. The highest BCUT2D eigenvalue weighted by Gasteiger charge is 2.07. The maximum absolute atomic E-state index is 11.9. The van der Waals surface area contributed by atoms with Crippen LogP contribution in [-0.2, 0) is 6.54 Å². The molecule has 6 nitrogen and oxygen atoms in total. The average Bonchev–Trinajstić information content (AvgIpc) is 2.96. The number of nitrogens with one attached hydrogen (secondary N) is 1. The normalized spacial score (nSPS) is 9.53. The maximum Gasteiger partial charge on any atom is 0.253 e. The van der Waals surface area contributed by atoms with E-state index in [1.165, 1.54) is 18.6 Å². The highest BCUT2D eigenvalue weighted by molar-refractivity contribution is 5.94. The number of aromatic nitrogens is 2. The molecule has 0 aliphatic heterocycles. The van der Waals surface area contributed by atoms with Gasteiger partial charge in [0.1, 0.15) is 6.61 Å². The van der Waals surface area contributed by atoms with Crippen molar-refractivity contribution in [1.29, 1.82) is 0 Å². The van der Waals surface area contributed by atoms with Crippen LogP contribution in [0.1, 0.15) is 21.7 Å². The van der Waals surface area contributed by atoms with Gasteiger partial charge in [0.2, 0.25) is 0 Å². The third kappa shape index (κ3) is 3.66. The van der Waals surface area contributed by atoms with Gasteiger partial charge in [-0.05, 0) is 6.07 Å². The molecule has 2 aromatic rings. The van der Waals surface area contributed by atoms with Crippen LogP contribution in [0.15, 0.2) is 35.2 Å². The van der Waals surface area contributed by atoms with Crippen molar-refractivity contribution in [2.45, 2.75) is 6.54 Å². The Hall–Kier alpha value is -2.65.